The predicted octanol–water partition coefficient (Wildman–Crippen LogP) is 22.7. The summed E-state index contributed by atoms with van der Waals surface area (Å²) in [6, 6.07) is 0. The van der Waals surface area contributed by atoms with Crippen molar-refractivity contribution in [2.24, 2.45) is 0 Å². The lowest BCUT2D eigenvalue weighted by molar-refractivity contribution is -0.166. The fourth-order valence-corrected chi connectivity index (χ4v) is 8.45. The monoisotopic (exact) mass is 1110 g/mol. The van der Waals surface area contributed by atoms with Crippen LogP contribution in [0.5, 0.6) is 0 Å². The Balaban J connectivity index is 4.41. The topological polar surface area (TPSA) is 78.9 Å². The Hall–Kier alpha value is -5.23. The van der Waals surface area contributed by atoms with Crippen LogP contribution in [0.15, 0.2) is 170 Å². The van der Waals surface area contributed by atoms with Crippen LogP contribution < -0.4 is 0 Å². The molecule has 0 aliphatic rings. The van der Waals surface area contributed by atoms with Crippen LogP contribution in [-0.4, -0.2) is 37.2 Å². The Morgan fingerprint density at radius 1 is 0.272 bits per heavy atom. The van der Waals surface area contributed by atoms with E-state index in [0.29, 0.717) is 19.3 Å². The smallest absolute Gasteiger partial charge is 0.310 e. The van der Waals surface area contributed by atoms with Crippen molar-refractivity contribution in [3.05, 3.63) is 170 Å². The number of carbonyl (C=O) groups excluding carboxylic acids is 3. The molecule has 0 aromatic heterocycles. The number of hydrogen-bond donors (Lipinski definition) is 0. The van der Waals surface area contributed by atoms with Crippen LogP contribution in [0.2, 0.25) is 0 Å². The molecule has 0 N–H and O–H groups in total. The molecule has 0 fully saturated rings. The minimum absolute atomic E-state index is 0.0863. The zero-order valence-electron chi connectivity index (χ0n) is 52.0. The second kappa shape index (κ2) is 67.3. The highest BCUT2D eigenvalue weighted by Crippen LogP contribution is 2.15. The van der Waals surface area contributed by atoms with Crippen molar-refractivity contribution in [1.82, 2.24) is 0 Å². The van der Waals surface area contributed by atoms with Gasteiger partial charge in [0.2, 0.25) is 0 Å². The molecule has 0 heterocycles. The highest BCUT2D eigenvalue weighted by molar-refractivity contribution is 5.72. The number of rotatable bonds is 57. The van der Waals surface area contributed by atoms with Gasteiger partial charge in [0.1, 0.15) is 13.2 Å². The van der Waals surface area contributed by atoms with E-state index in [1.54, 1.807) is 6.08 Å². The summed E-state index contributed by atoms with van der Waals surface area (Å²) in [5.41, 5.74) is 0. The van der Waals surface area contributed by atoms with Gasteiger partial charge in [-0.2, -0.15) is 0 Å². The molecule has 81 heavy (non-hydrogen) atoms. The van der Waals surface area contributed by atoms with Gasteiger partial charge in [-0.05, 0) is 116 Å². The number of ether oxygens (including phenoxy) is 3. The second-order valence-corrected chi connectivity index (χ2v) is 20.9. The van der Waals surface area contributed by atoms with Crippen LogP contribution in [0.25, 0.3) is 0 Å². The van der Waals surface area contributed by atoms with Crippen molar-refractivity contribution >= 4 is 17.9 Å². The average Bonchev–Trinajstić information content (AvgIpc) is 3.47. The van der Waals surface area contributed by atoms with Gasteiger partial charge >= 0.3 is 17.9 Å². The van der Waals surface area contributed by atoms with Crippen LogP contribution in [0.3, 0.4) is 0 Å². The fraction of sp³-hybridized carbons (Fsp3) is 0.587. The van der Waals surface area contributed by atoms with Gasteiger partial charge in [-0.15, -0.1) is 0 Å². The van der Waals surface area contributed by atoms with Gasteiger partial charge in [0, 0.05) is 12.8 Å². The summed E-state index contributed by atoms with van der Waals surface area (Å²) in [6.45, 7) is 6.31. The van der Waals surface area contributed by atoms with E-state index in [2.05, 4.69) is 179 Å². The van der Waals surface area contributed by atoms with E-state index in [1.807, 2.05) is 6.08 Å². The molecular formula is C75H118O6. The van der Waals surface area contributed by atoms with Crippen molar-refractivity contribution in [2.45, 2.75) is 271 Å². The highest BCUT2D eigenvalue weighted by atomic mass is 16.6. The van der Waals surface area contributed by atoms with Gasteiger partial charge in [0.05, 0.1) is 6.42 Å². The summed E-state index contributed by atoms with van der Waals surface area (Å²) in [5.74, 6) is -1.08. The molecular weight excluding hydrogens is 997 g/mol. The largest absolute Gasteiger partial charge is 0.462 e. The van der Waals surface area contributed by atoms with Gasteiger partial charge in [0.25, 0.3) is 0 Å². The van der Waals surface area contributed by atoms with Gasteiger partial charge in [-0.25, -0.2) is 0 Å². The van der Waals surface area contributed by atoms with Crippen molar-refractivity contribution in [2.75, 3.05) is 13.2 Å². The SMILES string of the molecule is CC/C=C\C/C=C\C/C=C\C/C=C\C/C=C\C/C=C\C/C=C\C/C=C\C/C=C\CCCCCCCC(=O)OCC(COC(=O)CCCCCCCCCCCCCCCCC)OC(=O)C/C=C\C/C=C\C/C=C\C/C=C\C/C=C\CC. The molecule has 0 saturated heterocycles. The summed E-state index contributed by atoms with van der Waals surface area (Å²) >= 11 is 0. The standard InChI is InChI=1S/C75H118O6/c1-4-7-10-13-16-19-22-25-28-29-30-31-32-33-34-35-36-37-38-39-40-41-42-43-44-45-48-50-53-56-59-62-65-68-74(77)80-71-72(81-75(78)69-66-63-60-57-54-51-47-27-24-21-18-15-12-9-6-3)70-79-73(76)67-64-61-58-55-52-49-46-26-23-20-17-14-11-8-5-2/h7,9-10,12,16,18-19,21,25,27-28,30-31,33-34,36-37,39-40,42-43,45,47-48,54,57,63,66,72H,4-6,8,11,13-15,17,20,22-24,26,29,32,35,38,41,44,46,49-53,55-56,58-62,64-65,67-71H2,1-3H3/b10-7-,12-9-,19-16-,21-18-,28-25-,31-30-,34-33-,37-36-,40-39-,43-42-,47-27-,48-45-,57-54-,66-63-. The molecule has 6 heteroatoms. The van der Waals surface area contributed by atoms with Crippen LogP contribution in [0, 0.1) is 0 Å². The molecule has 6 nitrogen and oxygen atoms in total. The minimum Gasteiger partial charge on any atom is -0.462 e. The Morgan fingerprint density at radius 3 is 0.815 bits per heavy atom. The van der Waals surface area contributed by atoms with Crippen LogP contribution in [0.1, 0.15) is 265 Å². The molecule has 1 atom stereocenters. The van der Waals surface area contributed by atoms with E-state index in [1.165, 1.54) is 77.0 Å². The van der Waals surface area contributed by atoms with E-state index in [0.717, 1.165) is 141 Å². The first kappa shape index (κ1) is 75.8. The Morgan fingerprint density at radius 2 is 0.519 bits per heavy atom. The Kier molecular flexibility index (Phi) is 62.9. The molecule has 0 spiro atoms. The highest BCUT2D eigenvalue weighted by Gasteiger charge is 2.19. The van der Waals surface area contributed by atoms with Crippen molar-refractivity contribution in [1.29, 1.82) is 0 Å². The van der Waals surface area contributed by atoms with Gasteiger partial charge in [-0.1, -0.05) is 300 Å². The van der Waals surface area contributed by atoms with E-state index < -0.39 is 12.1 Å². The fourth-order valence-electron chi connectivity index (χ4n) is 8.45. The maximum atomic E-state index is 12.8. The molecule has 0 aromatic rings. The van der Waals surface area contributed by atoms with Gasteiger partial charge in [-0.3, -0.25) is 14.4 Å². The van der Waals surface area contributed by atoms with Crippen molar-refractivity contribution < 1.29 is 28.6 Å². The summed E-state index contributed by atoms with van der Waals surface area (Å²) < 4.78 is 16.8. The van der Waals surface area contributed by atoms with E-state index >= 15 is 0 Å². The van der Waals surface area contributed by atoms with Gasteiger partial charge in [0.15, 0.2) is 6.10 Å². The number of carbonyl (C=O) groups is 3. The third-order valence-electron chi connectivity index (χ3n) is 13.2. The summed E-state index contributed by atoms with van der Waals surface area (Å²) in [6.07, 6.45) is 99.6. The molecule has 1 unspecified atom stereocenters. The molecule has 0 radical (unpaired) electrons. The normalized spacial score (nSPS) is 13.3. The first-order chi connectivity index (χ1) is 40.0. The van der Waals surface area contributed by atoms with E-state index in [-0.39, 0.29) is 31.6 Å². The minimum atomic E-state index is -0.848. The van der Waals surface area contributed by atoms with Crippen LogP contribution in [-0.2, 0) is 28.6 Å². The lowest BCUT2D eigenvalue weighted by Gasteiger charge is -2.18. The Labute approximate surface area is 498 Å². The maximum Gasteiger partial charge on any atom is 0.310 e. The zero-order valence-corrected chi connectivity index (χ0v) is 52.0. The predicted molar refractivity (Wildman–Crippen MR) is 352 cm³/mol. The number of esters is 3. The van der Waals surface area contributed by atoms with E-state index in [4.69, 9.17) is 14.2 Å². The first-order valence-electron chi connectivity index (χ1n) is 32.6. The van der Waals surface area contributed by atoms with Gasteiger partial charge < -0.3 is 14.2 Å². The molecule has 0 rings (SSSR count). The number of hydrogen-bond acceptors (Lipinski definition) is 6. The summed E-state index contributed by atoms with van der Waals surface area (Å²) in [5, 5.41) is 0. The lowest BCUT2D eigenvalue weighted by Crippen LogP contribution is -2.30. The molecule has 0 bridgehead atoms. The molecule has 454 valence electrons. The first-order valence-corrected chi connectivity index (χ1v) is 32.6. The number of unbranched alkanes of at least 4 members (excludes halogenated alkanes) is 19. The van der Waals surface area contributed by atoms with Crippen molar-refractivity contribution in [3.8, 4) is 0 Å². The Bertz CT molecular complexity index is 1860. The number of allylic oxidation sites excluding steroid dienone is 27. The zero-order chi connectivity index (χ0) is 58.5. The molecule has 0 aromatic carbocycles. The molecule has 0 aliphatic heterocycles. The third-order valence-corrected chi connectivity index (χ3v) is 13.2. The van der Waals surface area contributed by atoms with Crippen LogP contribution in [0.4, 0.5) is 0 Å². The molecule has 0 saturated carbocycles. The molecule has 0 aliphatic carbocycles. The van der Waals surface area contributed by atoms with E-state index in [9.17, 15) is 14.4 Å². The quantitative estimate of drug-likeness (QED) is 0.0261. The molecule has 0 amide bonds. The summed E-state index contributed by atoms with van der Waals surface area (Å²) in [4.78, 5) is 38.2. The van der Waals surface area contributed by atoms with Crippen LogP contribution >= 0.6 is 0 Å². The summed E-state index contributed by atoms with van der Waals surface area (Å²) in [7, 11) is 0. The second-order valence-electron chi connectivity index (χ2n) is 20.9. The lowest BCUT2D eigenvalue weighted by atomic mass is 10.0. The maximum absolute atomic E-state index is 12.8. The average molecular weight is 1120 g/mol. The third kappa shape index (κ3) is 65.5. The van der Waals surface area contributed by atoms with Crippen molar-refractivity contribution in [3.63, 3.8) is 0 Å².